The molecule has 1 aromatic heterocycles. The van der Waals surface area contributed by atoms with Gasteiger partial charge in [0.05, 0.1) is 11.2 Å². The fourth-order valence-electron chi connectivity index (χ4n) is 3.09. The summed E-state index contributed by atoms with van der Waals surface area (Å²) in [6.45, 7) is -0.179. The van der Waals surface area contributed by atoms with Crippen LogP contribution in [0, 0.1) is 11.8 Å². The molecule has 0 spiro atoms. The Morgan fingerprint density at radius 3 is 2.67 bits per heavy atom. The molecule has 4 rings (SSSR count). The quantitative estimate of drug-likeness (QED) is 0.452. The zero-order chi connectivity index (χ0) is 20.8. The van der Waals surface area contributed by atoms with Gasteiger partial charge in [-0.25, -0.2) is 0 Å². The third-order valence-electron chi connectivity index (χ3n) is 4.57. The van der Waals surface area contributed by atoms with E-state index in [0.717, 1.165) is 33.4 Å². The van der Waals surface area contributed by atoms with Crippen molar-refractivity contribution in [1.82, 2.24) is 10.2 Å². The summed E-state index contributed by atoms with van der Waals surface area (Å²) in [6.07, 6.45) is 3.85. The molecule has 146 valence electrons. The number of benzene rings is 3. The maximum absolute atomic E-state index is 12.5. The van der Waals surface area contributed by atoms with Gasteiger partial charge in [0.1, 0.15) is 6.61 Å². The van der Waals surface area contributed by atoms with Crippen molar-refractivity contribution in [2.24, 2.45) is 0 Å². The molecule has 3 aromatic carbocycles. The maximum Gasteiger partial charge on any atom is 0.255 e. The van der Waals surface area contributed by atoms with E-state index in [0.29, 0.717) is 5.56 Å². The third-order valence-corrected chi connectivity index (χ3v) is 4.57. The number of nitrogens with zero attached hydrogens (tertiary/aromatic N) is 1. The molecular weight excluding hydrogens is 374 g/mol. The number of carbonyl (C=O) groups excluding carboxylic acids is 1. The Labute approximate surface area is 174 Å². The Morgan fingerprint density at radius 2 is 1.83 bits per heavy atom. The lowest BCUT2D eigenvalue weighted by atomic mass is 10.1. The number of hydrogen-bond acceptors (Lipinski definition) is 3. The van der Waals surface area contributed by atoms with Crippen molar-refractivity contribution in [3.05, 3.63) is 95.2 Å². The molecule has 0 saturated heterocycles. The average Bonchev–Trinajstić information content (AvgIpc) is 3.20. The molecule has 0 saturated carbocycles. The number of nitrogens with one attached hydrogen (secondary N) is 2. The highest BCUT2D eigenvalue weighted by atomic mass is 16.2. The van der Waals surface area contributed by atoms with Gasteiger partial charge in [-0.3, -0.25) is 9.89 Å². The van der Waals surface area contributed by atoms with E-state index < -0.39 is 0 Å². The number of para-hydroxylation sites is 1. The summed E-state index contributed by atoms with van der Waals surface area (Å²) in [5.74, 6) is 5.41. The average molecular weight is 393 g/mol. The van der Waals surface area contributed by atoms with Crippen LogP contribution in [-0.2, 0) is 0 Å². The summed E-state index contributed by atoms with van der Waals surface area (Å²) in [4.78, 5) is 12.5. The Bertz CT molecular complexity index is 1280. The number of aliphatic hydroxyl groups is 1. The topological polar surface area (TPSA) is 78.0 Å². The van der Waals surface area contributed by atoms with E-state index in [-0.39, 0.29) is 12.5 Å². The minimum Gasteiger partial charge on any atom is -0.384 e. The predicted octanol–water partition coefficient (Wildman–Crippen LogP) is 4.33. The SMILES string of the molecule is O=C(Nc1ccccc1C=Cc1[nH]nc2ccc(C#CCO)cc12)c1ccccc1. The smallest absolute Gasteiger partial charge is 0.255 e. The van der Waals surface area contributed by atoms with E-state index in [9.17, 15) is 4.79 Å². The van der Waals surface area contributed by atoms with Gasteiger partial charge in [0.2, 0.25) is 0 Å². The first-order valence-electron chi connectivity index (χ1n) is 9.46. The number of aliphatic hydroxyl groups excluding tert-OH is 1. The number of H-pyrrole nitrogens is 1. The largest absolute Gasteiger partial charge is 0.384 e. The van der Waals surface area contributed by atoms with Crippen LogP contribution >= 0.6 is 0 Å². The van der Waals surface area contributed by atoms with Crippen LogP contribution in [0.1, 0.15) is 27.2 Å². The Kier molecular flexibility index (Phi) is 5.70. The van der Waals surface area contributed by atoms with Gasteiger partial charge >= 0.3 is 0 Å². The standard InChI is InChI=1S/C25H19N3O2/c29-16-6-7-18-12-14-23-21(17-18)24(28-27-23)15-13-19-8-4-5-11-22(19)26-25(30)20-9-2-1-3-10-20/h1-5,8-15,17,29H,16H2,(H,26,30)(H,27,28). The lowest BCUT2D eigenvalue weighted by molar-refractivity contribution is 0.102. The molecule has 0 atom stereocenters. The summed E-state index contributed by atoms with van der Waals surface area (Å²) in [6, 6.07) is 22.4. The second-order valence-electron chi connectivity index (χ2n) is 6.57. The van der Waals surface area contributed by atoms with Crippen LogP contribution in [0.5, 0.6) is 0 Å². The molecule has 0 fully saturated rings. The van der Waals surface area contributed by atoms with Crippen LogP contribution in [0.2, 0.25) is 0 Å². The number of amides is 1. The molecule has 5 nitrogen and oxygen atoms in total. The summed E-state index contributed by atoms with van der Waals surface area (Å²) in [5.41, 5.74) is 4.67. The number of aromatic nitrogens is 2. The van der Waals surface area contributed by atoms with Crippen LogP contribution in [0.15, 0.2) is 72.8 Å². The van der Waals surface area contributed by atoms with Gasteiger partial charge in [-0.1, -0.05) is 54.3 Å². The molecular formula is C25H19N3O2. The Hall–Kier alpha value is -4.14. The van der Waals surface area contributed by atoms with Crippen molar-refractivity contribution in [2.75, 3.05) is 11.9 Å². The molecule has 0 bridgehead atoms. The van der Waals surface area contributed by atoms with Gasteiger partial charge in [0.15, 0.2) is 0 Å². The van der Waals surface area contributed by atoms with Crippen LogP contribution in [0.3, 0.4) is 0 Å². The summed E-state index contributed by atoms with van der Waals surface area (Å²) in [5, 5.41) is 20.1. The molecule has 0 aliphatic carbocycles. The van der Waals surface area contributed by atoms with Gasteiger partial charge in [0.25, 0.3) is 5.91 Å². The molecule has 1 amide bonds. The highest BCUT2D eigenvalue weighted by molar-refractivity contribution is 6.05. The first-order chi connectivity index (χ1) is 14.7. The predicted molar refractivity (Wildman–Crippen MR) is 120 cm³/mol. The van der Waals surface area contributed by atoms with Gasteiger partial charge in [-0.05, 0) is 48.0 Å². The Morgan fingerprint density at radius 1 is 1.03 bits per heavy atom. The molecule has 1 heterocycles. The second-order valence-corrected chi connectivity index (χ2v) is 6.57. The van der Waals surface area contributed by atoms with E-state index in [4.69, 9.17) is 5.11 Å². The van der Waals surface area contributed by atoms with E-state index >= 15 is 0 Å². The maximum atomic E-state index is 12.5. The normalized spacial score (nSPS) is 10.7. The minimum absolute atomic E-state index is 0.157. The second kappa shape index (κ2) is 8.91. The molecule has 4 aromatic rings. The number of carbonyl (C=O) groups is 1. The molecule has 0 aliphatic heterocycles. The van der Waals surface area contributed by atoms with Crippen LogP contribution in [0.4, 0.5) is 5.69 Å². The third kappa shape index (κ3) is 4.30. The van der Waals surface area contributed by atoms with Crippen molar-refractivity contribution >= 4 is 34.6 Å². The van der Waals surface area contributed by atoms with Crippen LogP contribution in [-0.4, -0.2) is 27.8 Å². The molecule has 0 radical (unpaired) electrons. The van der Waals surface area contributed by atoms with Gasteiger partial charge in [-0.2, -0.15) is 5.10 Å². The van der Waals surface area contributed by atoms with Gasteiger partial charge in [-0.15, -0.1) is 0 Å². The first-order valence-corrected chi connectivity index (χ1v) is 9.46. The van der Waals surface area contributed by atoms with Crippen molar-refractivity contribution < 1.29 is 9.90 Å². The fourth-order valence-corrected chi connectivity index (χ4v) is 3.09. The number of aromatic amines is 1. The summed E-state index contributed by atoms with van der Waals surface area (Å²) < 4.78 is 0. The van der Waals surface area contributed by atoms with Crippen molar-refractivity contribution in [1.29, 1.82) is 0 Å². The molecule has 3 N–H and O–H groups in total. The van der Waals surface area contributed by atoms with Gasteiger partial charge in [0, 0.05) is 22.2 Å². The van der Waals surface area contributed by atoms with E-state index in [1.165, 1.54) is 0 Å². The minimum atomic E-state index is -0.179. The molecule has 0 aliphatic rings. The molecule has 5 heteroatoms. The lowest BCUT2D eigenvalue weighted by Crippen LogP contribution is -2.12. The number of hydrogen-bond donors (Lipinski definition) is 3. The molecule has 30 heavy (non-hydrogen) atoms. The number of anilines is 1. The van der Waals surface area contributed by atoms with Crippen LogP contribution in [0.25, 0.3) is 23.1 Å². The van der Waals surface area contributed by atoms with Crippen molar-refractivity contribution in [3.63, 3.8) is 0 Å². The number of rotatable bonds is 4. The van der Waals surface area contributed by atoms with E-state index in [1.54, 1.807) is 12.1 Å². The van der Waals surface area contributed by atoms with E-state index in [2.05, 4.69) is 27.4 Å². The van der Waals surface area contributed by atoms with E-state index in [1.807, 2.05) is 72.8 Å². The van der Waals surface area contributed by atoms with Crippen LogP contribution < -0.4 is 5.32 Å². The zero-order valence-corrected chi connectivity index (χ0v) is 16.1. The summed E-state index contributed by atoms with van der Waals surface area (Å²) >= 11 is 0. The Balaban J connectivity index is 1.61. The lowest BCUT2D eigenvalue weighted by Gasteiger charge is -2.08. The number of fused-ring (bicyclic) bond motifs is 1. The fraction of sp³-hybridized carbons (Fsp3) is 0.0400. The summed E-state index contributed by atoms with van der Waals surface area (Å²) in [7, 11) is 0. The van der Waals surface area contributed by atoms with Crippen molar-refractivity contribution in [3.8, 4) is 11.8 Å². The molecule has 0 unspecified atom stereocenters. The van der Waals surface area contributed by atoms with Crippen molar-refractivity contribution in [2.45, 2.75) is 0 Å². The monoisotopic (exact) mass is 393 g/mol. The highest BCUT2D eigenvalue weighted by Gasteiger charge is 2.08. The first kappa shape index (κ1) is 19.2. The zero-order valence-electron chi connectivity index (χ0n) is 16.1. The highest BCUT2D eigenvalue weighted by Crippen LogP contribution is 2.22. The van der Waals surface area contributed by atoms with Gasteiger partial charge < -0.3 is 10.4 Å².